The van der Waals surface area contributed by atoms with E-state index in [4.69, 9.17) is 0 Å². The molecule has 0 atom stereocenters. The number of nitrogens with zero attached hydrogens (tertiary/aromatic N) is 4. The van der Waals surface area contributed by atoms with Crippen LogP contribution in [0.25, 0.3) is 55.4 Å². The molecule has 0 bridgehead atoms. The molecule has 0 saturated heterocycles. The Morgan fingerprint density at radius 3 is 2.11 bits per heavy atom. The molecular weight excluding hydrogens is 820 g/mol. The SMILES string of the molecule is C[Si](C)(C)c1cnc(-c2[c-]cccc2)nc1.[B].[Ir].[Y].[c-]1ccc(-c2[c-]nc3c(ccc4ccccc43)c2)[c-]c1-c1ccccn1. The first-order chi connectivity index (χ1) is 20.5. The Kier molecular flexibility index (Phi) is 13.2. The van der Waals surface area contributed by atoms with E-state index in [-0.39, 0.29) is 61.2 Å². The van der Waals surface area contributed by atoms with Crippen LogP contribution in [0.2, 0.25) is 19.6 Å². The van der Waals surface area contributed by atoms with Gasteiger partial charge in [-0.2, -0.15) is 5.56 Å². The summed E-state index contributed by atoms with van der Waals surface area (Å²) >= 11 is 0. The van der Waals surface area contributed by atoms with E-state index < -0.39 is 8.07 Å². The van der Waals surface area contributed by atoms with Crippen molar-refractivity contribution in [3.8, 4) is 33.8 Å². The molecule has 8 heteroatoms. The Morgan fingerprint density at radius 1 is 0.667 bits per heavy atom. The molecule has 7 rings (SSSR count). The van der Waals surface area contributed by atoms with Crippen molar-refractivity contribution in [3.05, 3.63) is 140 Å². The van der Waals surface area contributed by atoms with Gasteiger partial charge in [0.15, 0.2) is 0 Å². The molecule has 0 aliphatic heterocycles. The van der Waals surface area contributed by atoms with Crippen LogP contribution in [0.3, 0.4) is 0 Å². The van der Waals surface area contributed by atoms with Crippen molar-refractivity contribution in [2.75, 3.05) is 0 Å². The predicted octanol–water partition coefficient (Wildman–Crippen LogP) is 7.62. The van der Waals surface area contributed by atoms with Gasteiger partial charge in [-0.1, -0.05) is 73.2 Å². The fraction of sp³-hybridized carbons (Fsp3) is 0.0811. The summed E-state index contributed by atoms with van der Waals surface area (Å²) < 4.78 is 0. The smallest absolute Gasteiger partial charge is 0.0815 e. The molecule has 0 N–H and O–H groups in total. The molecule has 0 fully saturated rings. The van der Waals surface area contributed by atoms with E-state index in [1.807, 2.05) is 79.1 Å². The summed E-state index contributed by atoms with van der Waals surface area (Å²) in [7, 11) is -1.29. The zero-order valence-corrected chi connectivity index (χ0v) is 31.5. The average molecular weight is 849 g/mol. The molecule has 0 amide bonds. The third kappa shape index (κ3) is 8.75. The minimum absolute atomic E-state index is 0. The maximum atomic E-state index is 4.62. The summed E-state index contributed by atoms with van der Waals surface area (Å²) in [5.74, 6) is 0.752. The Morgan fingerprint density at radius 2 is 1.40 bits per heavy atom. The largest absolute Gasteiger partial charge is 0.352 e. The molecule has 0 aliphatic carbocycles. The Hall–Kier alpha value is -3.18. The van der Waals surface area contributed by atoms with Gasteiger partial charge in [-0.25, -0.2) is 6.07 Å². The van der Waals surface area contributed by atoms with Gasteiger partial charge in [-0.3, -0.25) is 33.2 Å². The third-order valence-corrected chi connectivity index (χ3v) is 8.93. The van der Waals surface area contributed by atoms with Gasteiger partial charge in [0, 0.05) is 79.8 Å². The van der Waals surface area contributed by atoms with Crippen LogP contribution in [-0.4, -0.2) is 36.4 Å². The van der Waals surface area contributed by atoms with Gasteiger partial charge in [0.25, 0.3) is 0 Å². The first kappa shape index (κ1) is 36.3. The van der Waals surface area contributed by atoms with Gasteiger partial charge in [0.2, 0.25) is 0 Å². The zero-order valence-electron chi connectivity index (χ0n) is 25.2. The van der Waals surface area contributed by atoms with Crippen molar-refractivity contribution in [1.82, 2.24) is 19.9 Å². The summed E-state index contributed by atoms with van der Waals surface area (Å²) in [5, 5.41) is 4.71. The van der Waals surface area contributed by atoms with Crippen LogP contribution in [0.4, 0.5) is 0 Å². The van der Waals surface area contributed by atoms with Gasteiger partial charge < -0.3 is 16.0 Å². The first-order valence-corrected chi connectivity index (χ1v) is 17.3. The molecule has 5 radical (unpaired) electrons. The van der Waals surface area contributed by atoms with Crippen LogP contribution in [0.5, 0.6) is 0 Å². The molecule has 3 heterocycles. The van der Waals surface area contributed by atoms with E-state index >= 15 is 0 Å². The van der Waals surface area contributed by atoms with Crippen molar-refractivity contribution in [1.29, 1.82) is 0 Å². The molecule has 0 unspecified atom stereocenters. The maximum Gasteiger partial charge on any atom is 0.0815 e. The average Bonchev–Trinajstić information content (AvgIpc) is 3.05. The molecule has 45 heavy (non-hydrogen) atoms. The van der Waals surface area contributed by atoms with Crippen LogP contribution in [0.1, 0.15) is 0 Å². The summed E-state index contributed by atoms with van der Waals surface area (Å²) in [4.78, 5) is 17.8. The molecule has 3 aromatic heterocycles. The maximum absolute atomic E-state index is 4.62. The molecule has 4 aromatic carbocycles. The molecule has 219 valence electrons. The minimum Gasteiger partial charge on any atom is -0.352 e. The number of aromatic nitrogens is 4. The first-order valence-electron chi connectivity index (χ1n) is 13.8. The van der Waals surface area contributed by atoms with E-state index in [0.29, 0.717) is 0 Å². The standard InChI is InChI=1S/C24H13N2.C13H15N2Si.B.Ir.Y/c1-2-9-22-17(6-1)11-12-20-15-21(16-26-24(20)22)18-7-5-8-19(14-18)23-10-3-4-13-25-23;1-16(2,3)12-9-14-13(15-10-12)11-7-5-4-6-8-11;;;/h1-7,9-13,15H;4-7,9-10H,1-3H3;;;/q-3;-1;;;. The van der Waals surface area contributed by atoms with Crippen LogP contribution >= 0.6 is 0 Å². The van der Waals surface area contributed by atoms with E-state index in [2.05, 4.69) is 94.3 Å². The molecule has 0 spiro atoms. The topological polar surface area (TPSA) is 51.6 Å². The number of hydrogen-bond acceptors (Lipinski definition) is 4. The second-order valence-electron chi connectivity index (χ2n) is 10.9. The van der Waals surface area contributed by atoms with Crippen LogP contribution in [-0.2, 0) is 52.8 Å². The normalized spacial score (nSPS) is 10.5. The van der Waals surface area contributed by atoms with Crippen molar-refractivity contribution >= 4 is 43.3 Å². The number of fused-ring (bicyclic) bond motifs is 3. The zero-order chi connectivity index (χ0) is 28.9. The van der Waals surface area contributed by atoms with E-state index in [9.17, 15) is 0 Å². The van der Waals surface area contributed by atoms with Gasteiger partial charge in [0.1, 0.15) is 0 Å². The van der Waals surface area contributed by atoms with Crippen molar-refractivity contribution in [2.45, 2.75) is 19.6 Å². The van der Waals surface area contributed by atoms with Gasteiger partial charge in [-0.05, 0) is 33.7 Å². The van der Waals surface area contributed by atoms with Crippen LogP contribution < -0.4 is 5.19 Å². The Balaban J connectivity index is 0.000000254. The van der Waals surface area contributed by atoms with Crippen molar-refractivity contribution in [3.63, 3.8) is 0 Å². The number of hydrogen-bond donors (Lipinski definition) is 0. The number of benzene rings is 4. The summed E-state index contributed by atoms with van der Waals surface area (Å²) in [6.45, 7) is 6.88. The monoisotopic (exact) mass is 849 g/mol. The van der Waals surface area contributed by atoms with E-state index in [1.54, 1.807) is 6.20 Å². The molecule has 7 aromatic rings. The Labute approximate surface area is 307 Å². The molecule has 0 saturated carbocycles. The van der Waals surface area contributed by atoms with E-state index in [1.165, 1.54) is 10.6 Å². The summed E-state index contributed by atoms with van der Waals surface area (Å²) in [5.41, 5.74) is 5.47. The fourth-order valence-corrected chi connectivity index (χ4v) is 5.47. The third-order valence-electron chi connectivity index (χ3n) is 6.94. The van der Waals surface area contributed by atoms with E-state index in [0.717, 1.165) is 50.1 Å². The van der Waals surface area contributed by atoms with Crippen molar-refractivity contribution < 1.29 is 52.8 Å². The van der Waals surface area contributed by atoms with Gasteiger partial charge in [-0.15, -0.1) is 48.0 Å². The van der Waals surface area contributed by atoms with Crippen LogP contribution in [0.15, 0.2) is 116 Å². The minimum atomic E-state index is -1.29. The molecular formula is C37H28BIrN4SiY-4. The molecule has 4 nitrogen and oxygen atoms in total. The Bertz CT molecular complexity index is 1970. The number of rotatable bonds is 4. The van der Waals surface area contributed by atoms with Gasteiger partial charge in [0.05, 0.1) is 13.9 Å². The second kappa shape index (κ2) is 16.4. The predicted molar refractivity (Wildman–Crippen MR) is 179 cm³/mol. The van der Waals surface area contributed by atoms with Crippen LogP contribution in [0, 0.1) is 24.4 Å². The van der Waals surface area contributed by atoms with Crippen molar-refractivity contribution in [2.24, 2.45) is 0 Å². The fourth-order valence-electron chi connectivity index (χ4n) is 4.57. The summed E-state index contributed by atoms with van der Waals surface area (Å²) in [6.07, 6.45) is 8.87. The molecule has 0 aliphatic rings. The quantitative estimate of drug-likeness (QED) is 0.104. The summed E-state index contributed by atoms with van der Waals surface area (Å²) in [6, 6.07) is 41.8. The number of pyridine rings is 2. The second-order valence-corrected chi connectivity index (χ2v) is 16.0. The van der Waals surface area contributed by atoms with Gasteiger partial charge >= 0.3 is 0 Å².